The number of carbonyl (C=O) groups is 2. The molecule has 0 rings (SSSR count). The highest BCUT2D eigenvalue weighted by molar-refractivity contribution is 9.12. The number of hydrogen-bond acceptors (Lipinski definition) is 2. The summed E-state index contributed by atoms with van der Waals surface area (Å²) >= 11 is 2.77. The van der Waals surface area contributed by atoms with E-state index < -0.39 is 5.97 Å². The topological polar surface area (TPSA) is 54.4 Å². The van der Waals surface area contributed by atoms with Crippen molar-refractivity contribution < 1.29 is 14.7 Å². The van der Waals surface area contributed by atoms with Gasteiger partial charge in [-0.2, -0.15) is 0 Å². The van der Waals surface area contributed by atoms with E-state index in [1.54, 1.807) is 0 Å². The molecule has 4 heteroatoms. The van der Waals surface area contributed by atoms with Crippen LogP contribution < -0.4 is 0 Å². The van der Waals surface area contributed by atoms with E-state index in [-0.39, 0.29) is 15.8 Å². The van der Waals surface area contributed by atoms with Crippen LogP contribution in [0.3, 0.4) is 0 Å². The minimum atomic E-state index is -1.12. The third kappa shape index (κ3) is 2.31. The molecule has 0 heterocycles. The van der Waals surface area contributed by atoms with Gasteiger partial charge in [-0.25, -0.2) is 4.79 Å². The van der Waals surface area contributed by atoms with Gasteiger partial charge in [-0.05, 0) is 29.8 Å². The Bertz CT molecular complexity index is 183. The second-order valence-corrected chi connectivity index (χ2v) is 2.59. The Kier molecular flexibility index (Phi) is 3.28. The van der Waals surface area contributed by atoms with Crippen molar-refractivity contribution in [1.29, 1.82) is 0 Å². The van der Waals surface area contributed by atoms with Crippen molar-refractivity contribution in [2.45, 2.75) is 13.8 Å². The van der Waals surface area contributed by atoms with Crippen molar-refractivity contribution in [1.82, 2.24) is 0 Å². The number of Topliss-reactive ketones (excluding diaryl/α,β-unsaturated/α-hetero) is 1. The van der Waals surface area contributed by atoms with Gasteiger partial charge in [0.2, 0.25) is 0 Å². The Morgan fingerprint density at radius 3 is 1.80 bits per heavy atom. The van der Waals surface area contributed by atoms with Crippen LogP contribution in [0.15, 0.2) is 10.1 Å². The summed E-state index contributed by atoms with van der Waals surface area (Å²) in [7, 11) is 0. The molecule has 0 unspecified atom stereocenters. The van der Waals surface area contributed by atoms with Crippen LogP contribution in [0.2, 0.25) is 0 Å². The molecular formula is C6H7BrO3. The zero-order chi connectivity index (χ0) is 8.31. The van der Waals surface area contributed by atoms with Crippen molar-refractivity contribution in [3.8, 4) is 0 Å². The summed E-state index contributed by atoms with van der Waals surface area (Å²) in [4.78, 5) is 20.7. The standard InChI is InChI=1S/C6H7BrO3/c1-3(4(2)8)5(7)6(9)10/h1-2H3,(H,9,10). The molecule has 0 atom stereocenters. The fourth-order valence-corrected chi connectivity index (χ4v) is 0.594. The smallest absolute Gasteiger partial charge is 0.343 e. The average Bonchev–Trinajstić information content (AvgIpc) is 1.84. The molecule has 3 nitrogen and oxygen atoms in total. The van der Waals surface area contributed by atoms with Crippen LogP contribution in [0, 0.1) is 0 Å². The van der Waals surface area contributed by atoms with E-state index in [1.807, 2.05) is 0 Å². The first kappa shape index (κ1) is 9.36. The molecule has 0 amide bonds. The predicted octanol–water partition coefficient (Wildman–Crippen LogP) is 1.33. The zero-order valence-corrected chi connectivity index (χ0v) is 7.23. The third-order valence-electron chi connectivity index (χ3n) is 1.05. The SMILES string of the molecule is CC(=O)C(C)=C(Br)C(=O)O. The van der Waals surface area contributed by atoms with Gasteiger partial charge >= 0.3 is 5.97 Å². The first-order chi connectivity index (χ1) is 4.46. The van der Waals surface area contributed by atoms with E-state index in [1.165, 1.54) is 13.8 Å². The van der Waals surface area contributed by atoms with Crippen LogP contribution in [0.5, 0.6) is 0 Å². The van der Waals surface area contributed by atoms with E-state index in [0.29, 0.717) is 0 Å². The second-order valence-electron chi connectivity index (χ2n) is 1.80. The third-order valence-corrected chi connectivity index (χ3v) is 1.98. The maximum atomic E-state index is 10.5. The lowest BCUT2D eigenvalue weighted by Crippen LogP contribution is -2.02. The molecule has 0 aliphatic heterocycles. The molecule has 56 valence electrons. The number of halogens is 1. The number of rotatable bonds is 2. The molecule has 0 aromatic heterocycles. The second kappa shape index (κ2) is 3.51. The lowest BCUT2D eigenvalue weighted by molar-refractivity contribution is -0.132. The summed E-state index contributed by atoms with van der Waals surface area (Å²) < 4.78 is -0.0694. The number of ketones is 1. The first-order valence-electron chi connectivity index (χ1n) is 2.57. The molecule has 0 bridgehead atoms. The molecule has 0 spiro atoms. The van der Waals surface area contributed by atoms with Crippen LogP contribution in [0.25, 0.3) is 0 Å². The van der Waals surface area contributed by atoms with E-state index in [9.17, 15) is 9.59 Å². The Balaban J connectivity index is 4.67. The van der Waals surface area contributed by atoms with Crippen molar-refractivity contribution in [3.63, 3.8) is 0 Å². The summed E-state index contributed by atoms with van der Waals surface area (Å²) in [5.41, 5.74) is 0.229. The zero-order valence-electron chi connectivity index (χ0n) is 5.64. The minimum absolute atomic E-state index is 0.0694. The molecule has 1 N–H and O–H groups in total. The maximum absolute atomic E-state index is 10.5. The van der Waals surface area contributed by atoms with Crippen LogP contribution in [0.4, 0.5) is 0 Å². The van der Waals surface area contributed by atoms with E-state index >= 15 is 0 Å². The number of aliphatic carboxylic acids is 1. The van der Waals surface area contributed by atoms with Gasteiger partial charge in [0.1, 0.15) is 4.48 Å². The van der Waals surface area contributed by atoms with Gasteiger partial charge in [0.25, 0.3) is 0 Å². The average molecular weight is 207 g/mol. The fraction of sp³-hybridized carbons (Fsp3) is 0.333. The molecule has 0 aliphatic rings. The number of allylic oxidation sites excluding steroid dienone is 1. The summed E-state index contributed by atoms with van der Waals surface area (Å²) in [6.07, 6.45) is 0. The monoisotopic (exact) mass is 206 g/mol. The molecule has 0 saturated carbocycles. The maximum Gasteiger partial charge on any atom is 0.343 e. The highest BCUT2D eigenvalue weighted by Gasteiger charge is 2.09. The number of carboxylic acids is 1. The number of hydrogen-bond donors (Lipinski definition) is 1. The molecule has 0 aromatic carbocycles. The highest BCUT2D eigenvalue weighted by Crippen LogP contribution is 2.11. The number of carbonyl (C=O) groups excluding carboxylic acids is 1. The summed E-state index contributed by atoms with van der Waals surface area (Å²) in [5.74, 6) is -1.36. The Morgan fingerprint density at radius 2 is 1.70 bits per heavy atom. The Labute approximate surface area is 66.9 Å². The molecule has 10 heavy (non-hydrogen) atoms. The van der Waals surface area contributed by atoms with Crippen molar-refractivity contribution in [2.75, 3.05) is 0 Å². The molecule has 0 radical (unpaired) electrons. The molecular weight excluding hydrogens is 200 g/mol. The van der Waals surface area contributed by atoms with Crippen LogP contribution in [-0.2, 0) is 9.59 Å². The molecule has 0 saturated heterocycles. The van der Waals surface area contributed by atoms with Crippen molar-refractivity contribution in [3.05, 3.63) is 10.1 Å². The largest absolute Gasteiger partial charge is 0.477 e. The molecule has 0 aromatic rings. The van der Waals surface area contributed by atoms with Gasteiger partial charge in [-0.15, -0.1) is 0 Å². The van der Waals surface area contributed by atoms with Gasteiger partial charge in [0, 0.05) is 5.57 Å². The highest BCUT2D eigenvalue weighted by atomic mass is 79.9. The van der Waals surface area contributed by atoms with Gasteiger partial charge in [0.15, 0.2) is 5.78 Å². The molecule has 0 aliphatic carbocycles. The quantitative estimate of drug-likeness (QED) is 0.694. The fourth-order valence-electron chi connectivity index (χ4n) is 0.315. The van der Waals surface area contributed by atoms with Crippen LogP contribution in [0.1, 0.15) is 13.8 Å². The summed E-state index contributed by atoms with van der Waals surface area (Å²) in [6, 6.07) is 0. The van der Waals surface area contributed by atoms with Gasteiger partial charge < -0.3 is 5.11 Å². The Hall–Kier alpha value is -0.640. The normalized spacial score (nSPS) is 12.3. The van der Waals surface area contributed by atoms with Crippen molar-refractivity contribution in [2.24, 2.45) is 0 Å². The van der Waals surface area contributed by atoms with Gasteiger partial charge in [-0.1, -0.05) is 0 Å². The van der Waals surface area contributed by atoms with E-state index in [4.69, 9.17) is 5.11 Å². The van der Waals surface area contributed by atoms with Crippen LogP contribution in [-0.4, -0.2) is 16.9 Å². The van der Waals surface area contributed by atoms with Gasteiger partial charge in [0.05, 0.1) is 0 Å². The Morgan fingerprint density at radius 1 is 1.30 bits per heavy atom. The van der Waals surface area contributed by atoms with Crippen molar-refractivity contribution >= 4 is 27.7 Å². The first-order valence-corrected chi connectivity index (χ1v) is 3.36. The summed E-state index contributed by atoms with van der Waals surface area (Å²) in [6.45, 7) is 2.78. The minimum Gasteiger partial charge on any atom is -0.477 e. The van der Waals surface area contributed by atoms with Gasteiger partial charge in [-0.3, -0.25) is 4.79 Å². The van der Waals surface area contributed by atoms with E-state index in [2.05, 4.69) is 15.9 Å². The predicted molar refractivity (Wildman–Crippen MR) is 39.9 cm³/mol. The van der Waals surface area contributed by atoms with Crippen LogP contribution >= 0.6 is 15.9 Å². The lowest BCUT2D eigenvalue weighted by atomic mass is 10.2. The summed E-state index contributed by atoms with van der Waals surface area (Å²) in [5, 5.41) is 8.34. The lowest BCUT2D eigenvalue weighted by Gasteiger charge is -1.94. The molecule has 0 fully saturated rings. The van der Waals surface area contributed by atoms with E-state index in [0.717, 1.165) is 0 Å². The number of carboxylic acid groups (broad SMARTS) is 1.